The molecule has 5 heteroatoms. The summed E-state index contributed by atoms with van der Waals surface area (Å²) in [6.07, 6.45) is 0. The molecule has 5 nitrogen and oxygen atoms in total. The standard InChI is InChI=1S/C22H24N2O3/c1-4-24-19-8-6-5-7-18(19)20(13-22(24)26)27-14-21(25)23-17-11-9-16(10-12-17)15(2)3/h5-13,15H,4,14H2,1-3H3,(H,23,25). The van der Waals surface area contributed by atoms with Crippen molar-refractivity contribution in [2.75, 3.05) is 11.9 Å². The van der Waals surface area contributed by atoms with E-state index in [9.17, 15) is 9.59 Å². The number of pyridine rings is 1. The number of ether oxygens (including phenoxy) is 1. The molecule has 3 aromatic rings. The molecule has 1 N–H and O–H groups in total. The molecule has 0 saturated heterocycles. The second-order valence-corrected chi connectivity index (χ2v) is 6.72. The highest BCUT2D eigenvalue weighted by atomic mass is 16.5. The monoisotopic (exact) mass is 364 g/mol. The van der Waals surface area contributed by atoms with Crippen LogP contribution in [0.15, 0.2) is 59.4 Å². The molecule has 0 aliphatic heterocycles. The lowest BCUT2D eigenvalue weighted by Crippen LogP contribution is -2.22. The van der Waals surface area contributed by atoms with Crippen molar-refractivity contribution in [1.82, 2.24) is 4.57 Å². The number of benzene rings is 2. The third kappa shape index (κ3) is 4.19. The summed E-state index contributed by atoms with van der Waals surface area (Å²) in [5.41, 5.74) is 2.59. The fraction of sp³-hybridized carbons (Fsp3) is 0.273. The van der Waals surface area contributed by atoms with E-state index < -0.39 is 0 Å². The van der Waals surface area contributed by atoms with Crippen LogP contribution in [0.1, 0.15) is 32.3 Å². The van der Waals surface area contributed by atoms with Crippen molar-refractivity contribution in [2.45, 2.75) is 33.2 Å². The first-order valence-electron chi connectivity index (χ1n) is 9.14. The molecule has 0 saturated carbocycles. The van der Waals surface area contributed by atoms with Gasteiger partial charge >= 0.3 is 0 Å². The Labute approximate surface area is 158 Å². The minimum absolute atomic E-state index is 0.143. The van der Waals surface area contributed by atoms with Crippen LogP contribution in [-0.2, 0) is 11.3 Å². The van der Waals surface area contributed by atoms with Crippen LogP contribution in [0.4, 0.5) is 5.69 Å². The number of aryl methyl sites for hydroxylation is 1. The summed E-state index contributed by atoms with van der Waals surface area (Å²) < 4.78 is 7.35. The fourth-order valence-electron chi connectivity index (χ4n) is 3.04. The molecule has 0 spiro atoms. The Morgan fingerprint density at radius 1 is 1.11 bits per heavy atom. The Balaban J connectivity index is 1.73. The van der Waals surface area contributed by atoms with Gasteiger partial charge in [0.2, 0.25) is 0 Å². The van der Waals surface area contributed by atoms with Crippen LogP contribution in [0.2, 0.25) is 0 Å². The maximum atomic E-state index is 12.3. The largest absolute Gasteiger partial charge is 0.483 e. The number of rotatable bonds is 6. The second kappa shape index (κ2) is 8.08. The average molecular weight is 364 g/mol. The van der Waals surface area contributed by atoms with Crippen molar-refractivity contribution >= 4 is 22.5 Å². The minimum Gasteiger partial charge on any atom is -0.483 e. The quantitative estimate of drug-likeness (QED) is 0.714. The molecule has 0 fully saturated rings. The van der Waals surface area contributed by atoms with Gasteiger partial charge in [0.05, 0.1) is 5.52 Å². The number of nitrogens with one attached hydrogen (secondary N) is 1. The van der Waals surface area contributed by atoms with E-state index in [0.29, 0.717) is 18.2 Å². The molecule has 0 aliphatic carbocycles. The number of amides is 1. The molecular weight excluding hydrogens is 340 g/mol. The zero-order valence-electron chi connectivity index (χ0n) is 15.9. The minimum atomic E-state index is -0.268. The first-order chi connectivity index (χ1) is 13.0. The smallest absolute Gasteiger partial charge is 0.262 e. The molecule has 0 atom stereocenters. The molecule has 0 unspecified atom stereocenters. The van der Waals surface area contributed by atoms with Gasteiger partial charge < -0.3 is 14.6 Å². The number of anilines is 1. The van der Waals surface area contributed by atoms with Crippen molar-refractivity contribution in [2.24, 2.45) is 0 Å². The molecule has 1 heterocycles. The van der Waals surface area contributed by atoms with Crippen molar-refractivity contribution in [3.05, 3.63) is 70.5 Å². The van der Waals surface area contributed by atoms with Crippen LogP contribution in [0.3, 0.4) is 0 Å². The van der Waals surface area contributed by atoms with E-state index >= 15 is 0 Å². The average Bonchev–Trinajstić information content (AvgIpc) is 2.66. The second-order valence-electron chi connectivity index (χ2n) is 6.72. The number of nitrogens with zero attached hydrogens (tertiary/aromatic N) is 1. The molecule has 0 bridgehead atoms. The summed E-state index contributed by atoms with van der Waals surface area (Å²) in [6.45, 7) is 6.58. The van der Waals surface area contributed by atoms with E-state index in [4.69, 9.17) is 4.74 Å². The Hall–Kier alpha value is -3.08. The molecule has 0 radical (unpaired) electrons. The Kier molecular flexibility index (Phi) is 5.60. The molecule has 140 valence electrons. The highest BCUT2D eigenvalue weighted by Gasteiger charge is 2.11. The summed E-state index contributed by atoms with van der Waals surface area (Å²) in [5, 5.41) is 3.63. The maximum absolute atomic E-state index is 12.3. The number of fused-ring (bicyclic) bond motifs is 1. The van der Waals surface area contributed by atoms with Crippen LogP contribution in [0.25, 0.3) is 10.9 Å². The highest BCUT2D eigenvalue weighted by Crippen LogP contribution is 2.23. The van der Waals surface area contributed by atoms with Gasteiger partial charge in [-0.15, -0.1) is 0 Å². The molecule has 1 amide bonds. The SMILES string of the molecule is CCn1c(=O)cc(OCC(=O)Nc2ccc(C(C)C)cc2)c2ccccc21. The highest BCUT2D eigenvalue weighted by molar-refractivity contribution is 5.92. The Morgan fingerprint density at radius 3 is 2.48 bits per heavy atom. The lowest BCUT2D eigenvalue weighted by atomic mass is 10.0. The van der Waals surface area contributed by atoms with E-state index in [1.807, 2.05) is 55.5 Å². The van der Waals surface area contributed by atoms with Crippen molar-refractivity contribution in [3.63, 3.8) is 0 Å². The maximum Gasteiger partial charge on any atom is 0.262 e. The van der Waals surface area contributed by atoms with Gasteiger partial charge in [-0.3, -0.25) is 9.59 Å². The van der Waals surface area contributed by atoms with E-state index in [0.717, 1.165) is 16.6 Å². The molecule has 0 aliphatic rings. The molecule has 27 heavy (non-hydrogen) atoms. The molecule has 3 rings (SSSR count). The molecule has 2 aromatic carbocycles. The normalized spacial score (nSPS) is 11.0. The van der Waals surface area contributed by atoms with Gasteiger partial charge in [0.1, 0.15) is 5.75 Å². The third-order valence-electron chi connectivity index (χ3n) is 4.52. The van der Waals surface area contributed by atoms with Gasteiger partial charge in [0.25, 0.3) is 11.5 Å². The summed E-state index contributed by atoms with van der Waals surface area (Å²) in [6, 6.07) is 16.7. The molecule has 1 aromatic heterocycles. The first kappa shape index (κ1) is 18.7. The lowest BCUT2D eigenvalue weighted by Gasteiger charge is -2.13. The van der Waals surface area contributed by atoms with Crippen LogP contribution in [-0.4, -0.2) is 17.1 Å². The number of para-hydroxylation sites is 1. The van der Waals surface area contributed by atoms with Gasteiger partial charge in [-0.25, -0.2) is 0 Å². The van der Waals surface area contributed by atoms with Gasteiger partial charge in [-0.2, -0.15) is 0 Å². The predicted molar refractivity (Wildman–Crippen MR) is 109 cm³/mol. The zero-order chi connectivity index (χ0) is 19.4. The van der Waals surface area contributed by atoms with Gasteiger partial charge in [0.15, 0.2) is 6.61 Å². The zero-order valence-corrected chi connectivity index (χ0v) is 15.9. The van der Waals surface area contributed by atoms with Gasteiger partial charge in [0, 0.05) is 23.7 Å². The molecular formula is C22H24N2O3. The summed E-state index contributed by atoms with van der Waals surface area (Å²) >= 11 is 0. The van der Waals surface area contributed by atoms with E-state index in [1.54, 1.807) is 4.57 Å². The van der Waals surface area contributed by atoms with E-state index in [-0.39, 0.29) is 18.1 Å². The first-order valence-corrected chi connectivity index (χ1v) is 9.14. The predicted octanol–water partition coefficient (Wildman–Crippen LogP) is 4.16. The van der Waals surface area contributed by atoms with Crippen LogP contribution >= 0.6 is 0 Å². The summed E-state index contributed by atoms with van der Waals surface area (Å²) in [4.78, 5) is 24.5. The topological polar surface area (TPSA) is 60.3 Å². The number of aromatic nitrogens is 1. The number of carbonyl (C=O) groups excluding carboxylic acids is 1. The Bertz CT molecular complexity index is 1000. The number of hydrogen-bond acceptors (Lipinski definition) is 3. The lowest BCUT2D eigenvalue weighted by molar-refractivity contribution is -0.118. The summed E-state index contributed by atoms with van der Waals surface area (Å²) in [7, 11) is 0. The summed E-state index contributed by atoms with van der Waals surface area (Å²) in [5.74, 6) is 0.596. The van der Waals surface area contributed by atoms with Crippen molar-refractivity contribution < 1.29 is 9.53 Å². The van der Waals surface area contributed by atoms with Crippen LogP contribution < -0.4 is 15.6 Å². The van der Waals surface area contributed by atoms with Gasteiger partial charge in [-0.05, 0) is 42.7 Å². The van der Waals surface area contributed by atoms with Crippen LogP contribution in [0.5, 0.6) is 5.75 Å². The van der Waals surface area contributed by atoms with Crippen molar-refractivity contribution in [3.8, 4) is 5.75 Å². The van der Waals surface area contributed by atoms with Gasteiger partial charge in [-0.1, -0.05) is 38.1 Å². The Morgan fingerprint density at radius 2 is 1.81 bits per heavy atom. The van der Waals surface area contributed by atoms with E-state index in [2.05, 4.69) is 19.2 Å². The van der Waals surface area contributed by atoms with E-state index in [1.165, 1.54) is 11.6 Å². The number of carbonyl (C=O) groups is 1. The van der Waals surface area contributed by atoms with Crippen LogP contribution in [0, 0.1) is 0 Å². The fourth-order valence-corrected chi connectivity index (χ4v) is 3.04. The van der Waals surface area contributed by atoms with Crippen molar-refractivity contribution in [1.29, 1.82) is 0 Å². The third-order valence-corrected chi connectivity index (χ3v) is 4.52. The number of hydrogen-bond donors (Lipinski definition) is 1.